The lowest BCUT2D eigenvalue weighted by molar-refractivity contribution is 0.267. The molecule has 0 saturated heterocycles. The number of aliphatic hydroxyl groups is 1. The summed E-state index contributed by atoms with van der Waals surface area (Å²) < 4.78 is 7.25. The van der Waals surface area contributed by atoms with E-state index in [2.05, 4.69) is 25.5 Å². The fourth-order valence-corrected chi connectivity index (χ4v) is 4.18. The van der Waals surface area contributed by atoms with E-state index in [1.165, 1.54) is 6.33 Å². The molecule has 33 heavy (non-hydrogen) atoms. The molecule has 0 amide bonds. The molecule has 11 nitrogen and oxygen atoms in total. The van der Waals surface area contributed by atoms with Crippen LogP contribution < -0.4 is 16.6 Å². The van der Waals surface area contributed by atoms with Gasteiger partial charge in [0.2, 0.25) is 5.89 Å². The third-order valence-corrected chi connectivity index (χ3v) is 5.97. The number of hydrogen-bond donors (Lipinski definition) is 3. The molecule has 1 aliphatic rings. The van der Waals surface area contributed by atoms with E-state index < -0.39 is 6.04 Å². The van der Waals surface area contributed by atoms with Gasteiger partial charge in [-0.05, 0) is 31.9 Å². The minimum atomic E-state index is -0.431. The molecule has 0 aliphatic heterocycles. The van der Waals surface area contributed by atoms with Gasteiger partial charge in [0.1, 0.15) is 29.4 Å². The van der Waals surface area contributed by atoms with Gasteiger partial charge in [0, 0.05) is 25.5 Å². The standard InChI is InChI=1S/C22H24N8O3/c1-10-5-4-6-14-16(10)22(32)30(15-7-13(15)8-31)20(27-14)11(2)26-19-17(18(23)24-9-25-19)21-29-28-12(3)33-21/h4-6,9,11,13,15,31H,7-8H2,1-3H3,(H3,23,24,25,26)/t11-,13?,15?/m0/s1. The fourth-order valence-electron chi connectivity index (χ4n) is 4.18. The summed E-state index contributed by atoms with van der Waals surface area (Å²) in [6.45, 7) is 5.49. The predicted octanol–water partition coefficient (Wildman–Crippen LogP) is 2.16. The van der Waals surface area contributed by atoms with Crippen LogP contribution in [0.5, 0.6) is 0 Å². The predicted molar refractivity (Wildman–Crippen MR) is 121 cm³/mol. The van der Waals surface area contributed by atoms with Gasteiger partial charge in [-0.2, -0.15) is 0 Å². The summed E-state index contributed by atoms with van der Waals surface area (Å²) in [5, 5.41) is 21.4. The van der Waals surface area contributed by atoms with Crippen molar-refractivity contribution in [3.05, 3.63) is 52.2 Å². The quantitative estimate of drug-likeness (QED) is 0.399. The average molecular weight is 448 g/mol. The molecular formula is C22H24N8O3. The van der Waals surface area contributed by atoms with Crippen LogP contribution in [0.15, 0.2) is 33.7 Å². The van der Waals surface area contributed by atoms with Crippen molar-refractivity contribution in [1.82, 2.24) is 29.7 Å². The van der Waals surface area contributed by atoms with E-state index in [0.29, 0.717) is 34.0 Å². The second kappa shape index (κ2) is 7.93. The van der Waals surface area contributed by atoms with Crippen molar-refractivity contribution in [2.75, 3.05) is 17.7 Å². The number of rotatable bonds is 6. The lowest BCUT2D eigenvalue weighted by atomic mass is 10.1. The molecule has 4 aromatic rings. The SMILES string of the molecule is Cc1nnc(-c2c(N)ncnc2N[C@@H](C)c2nc3cccc(C)c3c(=O)n2C2CC2CO)o1. The van der Waals surface area contributed by atoms with Crippen LogP contribution in [0.3, 0.4) is 0 Å². The van der Waals surface area contributed by atoms with Gasteiger partial charge < -0.3 is 20.6 Å². The van der Waals surface area contributed by atoms with Crippen molar-refractivity contribution in [2.45, 2.75) is 39.3 Å². The van der Waals surface area contributed by atoms with E-state index >= 15 is 0 Å². The fraction of sp³-hybridized carbons (Fsp3) is 0.364. The Labute approximate surface area is 188 Å². The normalized spacial score (nSPS) is 18.4. The van der Waals surface area contributed by atoms with E-state index in [1.807, 2.05) is 32.0 Å². The van der Waals surface area contributed by atoms with Crippen LogP contribution >= 0.6 is 0 Å². The lowest BCUT2D eigenvalue weighted by Crippen LogP contribution is -2.29. The molecule has 3 aromatic heterocycles. The molecule has 4 N–H and O–H groups in total. The Bertz CT molecular complexity index is 1410. The minimum absolute atomic E-state index is 0.0211. The molecule has 2 unspecified atom stereocenters. The second-order valence-electron chi connectivity index (χ2n) is 8.33. The molecule has 5 rings (SSSR count). The van der Waals surface area contributed by atoms with Crippen LogP contribution in [0.2, 0.25) is 0 Å². The molecule has 11 heteroatoms. The first-order chi connectivity index (χ1) is 15.9. The maximum Gasteiger partial charge on any atom is 0.261 e. The zero-order valence-electron chi connectivity index (χ0n) is 18.5. The number of nitrogens with one attached hydrogen (secondary N) is 1. The Morgan fingerprint density at radius 3 is 2.82 bits per heavy atom. The van der Waals surface area contributed by atoms with Crippen LogP contribution in [-0.4, -0.2) is 41.4 Å². The highest BCUT2D eigenvalue weighted by Gasteiger charge is 2.41. The summed E-state index contributed by atoms with van der Waals surface area (Å²) in [4.78, 5) is 26.8. The third-order valence-electron chi connectivity index (χ3n) is 5.97. The smallest absolute Gasteiger partial charge is 0.261 e. The van der Waals surface area contributed by atoms with Crippen LogP contribution in [0, 0.1) is 19.8 Å². The lowest BCUT2D eigenvalue weighted by Gasteiger charge is -2.21. The van der Waals surface area contributed by atoms with Gasteiger partial charge in [0.15, 0.2) is 0 Å². The number of nitrogens with zero attached hydrogens (tertiary/aromatic N) is 6. The first-order valence-corrected chi connectivity index (χ1v) is 10.7. The maximum atomic E-state index is 13.5. The van der Waals surface area contributed by atoms with Crippen LogP contribution in [-0.2, 0) is 0 Å². The number of anilines is 2. The third kappa shape index (κ3) is 3.59. The van der Waals surface area contributed by atoms with E-state index in [0.717, 1.165) is 12.0 Å². The molecule has 0 radical (unpaired) electrons. The van der Waals surface area contributed by atoms with Crippen molar-refractivity contribution >= 4 is 22.5 Å². The molecule has 0 bridgehead atoms. The minimum Gasteiger partial charge on any atom is -0.421 e. The summed E-state index contributed by atoms with van der Waals surface area (Å²) in [7, 11) is 0. The van der Waals surface area contributed by atoms with Crippen LogP contribution in [0.25, 0.3) is 22.4 Å². The number of hydrogen-bond acceptors (Lipinski definition) is 10. The number of nitrogen functional groups attached to an aromatic ring is 1. The van der Waals surface area contributed by atoms with E-state index in [1.54, 1.807) is 11.5 Å². The summed E-state index contributed by atoms with van der Waals surface area (Å²) in [5.74, 6) is 1.73. The molecular weight excluding hydrogens is 424 g/mol. The van der Waals surface area contributed by atoms with Gasteiger partial charge in [-0.1, -0.05) is 12.1 Å². The monoisotopic (exact) mass is 448 g/mol. The molecule has 170 valence electrons. The highest BCUT2D eigenvalue weighted by molar-refractivity contribution is 5.81. The summed E-state index contributed by atoms with van der Waals surface area (Å²) in [5.41, 5.74) is 7.86. The molecule has 1 aliphatic carbocycles. The topological polar surface area (TPSA) is 158 Å². The Morgan fingerprint density at radius 2 is 2.12 bits per heavy atom. The van der Waals surface area contributed by atoms with Crippen LogP contribution in [0.1, 0.15) is 42.7 Å². The van der Waals surface area contributed by atoms with Crippen molar-refractivity contribution in [3.63, 3.8) is 0 Å². The summed E-state index contributed by atoms with van der Waals surface area (Å²) >= 11 is 0. The molecule has 1 aromatic carbocycles. The van der Waals surface area contributed by atoms with Crippen molar-refractivity contribution < 1.29 is 9.52 Å². The summed E-state index contributed by atoms with van der Waals surface area (Å²) in [6.07, 6.45) is 2.06. The van der Waals surface area contributed by atoms with E-state index in [-0.39, 0.29) is 35.8 Å². The number of aryl methyl sites for hydroxylation is 2. The largest absolute Gasteiger partial charge is 0.421 e. The zero-order valence-corrected chi connectivity index (χ0v) is 18.5. The number of aromatic nitrogens is 6. The first kappa shape index (κ1) is 21.0. The number of benzene rings is 1. The molecule has 3 heterocycles. The highest BCUT2D eigenvalue weighted by Crippen LogP contribution is 2.43. The van der Waals surface area contributed by atoms with Crippen molar-refractivity contribution in [1.29, 1.82) is 0 Å². The molecule has 3 atom stereocenters. The molecule has 1 fully saturated rings. The van der Waals surface area contributed by atoms with Gasteiger partial charge in [-0.15, -0.1) is 10.2 Å². The van der Waals surface area contributed by atoms with Crippen molar-refractivity contribution in [3.8, 4) is 11.5 Å². The van der Waals surface area contributed by atoms with Crippen LogP contribution in [0.4, 0.5) is 11.6 Å². The Hall–Kier alpha value is -3.86. The molecule has 1 saturated carbocycles. The maximum absolute atomic E-state index is 13.5. The van der Waals surface area contributed by atoms with E-state index in [4.69, 9.17) is 15.1 Å². The Kier molecular flexibility index (Phi) is 5.05. The van der Waals surface area contributed by atoms with E-state index in [9.17, 15) is 9.90 Å². The highest BCUT2D eigenvalue weighted by atomic mass is 16.4. The molecule has 0 spiro atoms. The van der Waals surface area contributed by atoms with Gasteiger partial charge >= 0.3 is 0 Å². The Morgan fingerprint density at radius 1 is 1.30 bits per heavy atom. The van der Waals surface area contributed by atoms with Gasteiger partial charge in [0.25, 0.3) is 11.4 Å². The first-order valence-electron chi connectivity index (χ1n) is 10.7. The summed E-state index contributed by atoms with van der Waals surface area (Å²) in [6, 6.07) is 5.07. The van der Waals surface area contributed by atoms with Gasteiger partial charge in [-0.25, -0.2) is 15.0 Å². The second-order valence-corrected chi connectivity index (χ2v) is 8.33. The van der Waals surface area contributed by atoms with Gasteiger partial charge in [0.05, 0.1) is 16.9 Å². The van der Waals surface area contributed by atoms with Crippen molar-refractivity contribution in [2.24, 2.45) is 5.92 Å². The number of fused-ring (bicyclic) bond motifs is 1. The zero-order chi connectivity index (χ0) is 23.3. The van der Waals surface area contributed by atoms with Gasteiger partial charge in [-0.3, -0.25) is 9.36 Å². The Balaban J connectivity index is 1.62. The number of nitrogens with two attached hydrogens (primary N) is 1. The number of aliphatic hydroxyl groups excluding tert-OH is 1. The average Bonchev–Trinajstić information content (AvgIpc) is 3.44.